The highest BCUT2D eigenvalue weighted by Crippen LogP contribution is 2.21. The van der Waals surface area contributed by atoms with Gasteiger partial charge >= 0.3 is 0 Å². The van der Waals surface area contributed by atoms with Crippen LogP contribution >= 0.6 is 0 Å². The van der Waals surface area contributed by atoms with Gasteiger partial charge in [0.25, 0.3) is 5.69 Å². The second-order valence-electron chi connectivity index (χ2n) is 6.33. The number of hydrogen-bond donors (Lipinski definition) is 1. The number of non-ortho nitro benzene ring substituents is 1. The molecule has 0 saturated carbocycles. The van der Waals surface area contributed by atoms with Crippen molar-refractivity contribution in [3.05, 3.63) is 64.7 Å². The van der Waals surface area contributed by atoms with Crippen molar-refractivity contribution >= 4 is 23.0 Å². The molecule has 1 aliphatic rings. The predicted molar refractivity (Wildman–Crippen MR) is 101 cm³/mol. The van der Waals surface area contributed by atoms with Crippen LogP contribution < -0.4 is 10.2 Å². The lowest BCUT2D eigenvalue weighted by Gasteiger charge is -2.38. The quantitative estimate of drug-likeness (QED) is 0.660. The summed E-state index contributed by atoms with van der Waals surface area (Å²) in [5.74, 6) is -0.0139. The molecule has 136 valence electrons. The second-order valence-corrected chi connectivity index (χ2v) is 6.33. The van der Waals surface area contributed by atoms with Crippen LogP contribution in [0.4, 0.5) is 17.1 Å². The van der Waals surface area contributed by atoms with Gasteiger partial charge in [-0.1, -0.05) is 18.2 Å². The topological polar surface area (TPSA) is 78.7 Å². The van der Waals surface area contributed by atoms with E-state index in [1.165, 1.54) is 12.1 Å². The maximum absolute atomic E-state index is 12.4. The Morgan fingerprint density at radius 1 is 1.04 bits per heavy atom. The third-order valence-electron chi connectivity index (χ3n) is 4.71. The summed E-state index contributed by atoms with van der Waals surface area (Å²) in [7, 11) is 0. The van der Waals surface area contributed by atoms with Gasteiger partial charge in [-0.05, 0) is 31.2 Å². The maximum atomic E-state index is 12.4. The van der Waals surface area contributed by atoms with Crippen molar-refractivity contribution in [2.75, 3.05) is 36.4 Å². The van der Waals surface area contributed by atoms with E-state index in [1.807, 2.05) is 37.3 Å². The van der Waals surface area contributed by atoms with Crippen LogP contribution in [-0.2, 0) is 4.79 Å². The number of anilines is 2. The van der Waals surface area contributed by atoms with E-state index in [9.17, 15) is 14.9 Å². The normalized spacial score (nSPS) is 16.1. The molecule has 1 heterocycles. The van der Waals surface area contributed by atoms with E-state index in [2.05, 4.69) is 15.1 Å². The standard InChI is InChI=1S/C19H22N4O3/c1-15(19(24)20-16-5-3-2-4-6-16)21-11-13-22(14-12-21)17-7-9-18(10-8-17)23(25)26/h2-10,15H,11-14H2,1H3,(H,20,24)/t15-/m1/s1. The van der Waals surface area contributed by atoms with E-state index in [4.69, 9.17) is 0 Å². The molecule has 1 saturated heterocycles. The fourth-order valence-corrected chi connectivity index (χ4v) is 3.09. The van der Waals surface area contributed by atoms with E-state index in [-0.39, 0.29) is 17.6 Å². The zero-order valence-corrected chi connectivity index (χ0v) is 14.7. The monoisotopic (exact) mass is 354 g/mol. The van der Waals surface area contributed by atoms with Gasteiger partial charge in [0.05, 0.1) is 11.0 Å². The molecule has 0 bridgehead atoms. The van der Waals surface area contributed by atoms with E-state index in [0.29, 0.717) is 0 Å². The van der Waals surface area contributed by atoms with Crippen LogP contribution in [-0.4, -0.2) is 48.0 Å². The van der Waals surface area contributed by atoms with Crippen LogP contribution in [0.15, 0.2) is 54.6 Å². The Hall–Kier alpha value is -2.93. The lowest BCUT2D eigenvalue weighted by molar-refractivity contribution is -0.384. The summed E-state index contributed by atoms with van der Waals surface area (Å²) in [5, 5.41) is 13.7. The summed E-state index contributed by atoms with van der Waals surface area (Å²) in [6.07, 6.45) is 0. The average molecular weight is 354 g/mol. The molecule has 1 fully saturated rings. The van der Waals surface area contributed by atoms with E-state index < -0.39 is 4.92 Å². The van der Waals surface area contributed by atoms with Crippen LogP contribution in [0.1, 0.15) is 6.92 Å². The molecule has 0 aromatic heterocycles. The smallest absolute Gasteiger partial charge is 0.269 e. The fraction of sp³-hybridized carbons (Fsp3) is 0.316. The van der Waals surface area contributed by atoms with Crippen molar-refractivity contribution in [3.63, 3.8) is 0 Å². The number of piperazine rings is 1. The van der Waals surface area contributed by atoms with Crippen molar-refractivity contribution in [2.24, 2.45) is 0 Å². The van der Waals surface area contributed by atoms with E-state index >= 15 is 0 Å². The van der Waals surface area contributed by atoms with Crippen molar-refractivity contribution in [2.45, 2.75) is 13.0 Å². The summed E-state index contributed by atoms with van der Waals surface area (Å²) >= 11 is 0. The van der Waals surface area contributed by atoms with Crippen LogP contribution in [0.2, 0.25) is 0 Å². The molecule has 7 nitrogen and oxygen atoms in total. The number of nitrogens with one attached hydrogen (secondary N) is 1. The average Bonchev–Trinajstić information content (AvgIpc) is 2.68. The van der Waals surface area contributed by atoms with Gasteiger partial charge in [-0.3, -0.25) is 19.8 Å². The van der Waals surface area contributed by atoms with Crippen LogP contribution in [0, 0.1) is 10.1 Å². The molecule has 1 aliphatic heterocycles. The number of amides is 1. The Morgan fingerprint density at radius 2 is 1.65 bits per heavy atom. The number of hydrogen-bond acceptors (Lipinski definition) is 5. The summed E-state index contributed by atoms with van der Waals surface area (Å²) in [5.41, 5.74) is 1.86. The third kappa shape index (κ3) is 4.18. The minimum atomic E-state index is -0.394. The number of rotatable bonds is 5. The Balaban J connectivity index is 1.54. The first kappa shape index (κ1) is 17.9. The zero-order chi connectivity index (χ0) is 18.5. The fourth-order valence-electron chi connectivity index (χ4n) is 3.09. The maximum Gasteiger partial charge on any atom is 0.269 e. The number of nitro groups is 1. The molecule has 0 aliphatic carbocycles. The number of carbonyl (C=O) groups is 1. The third-order valence-corrected chi connectivity index (χ3v) is 4.71. The first-order valence-electron chi connectivity index (χ1n) is 8.64. The lowest BCUT2D eigenvalue weighted by Crippen LogP contribution is -2.52. The largest absolute Gasteiger partial charge is 0.369 e. The van der Waals surface area contributed by atoms with Crippen LogP contribution in [0.3, 0.4) is 0 Å². The first-order valence-corrected chi connectivity index (χ1v) is 8.64. The van der Waals surface area contributed by atoms with Crippen molar-refractivity contribution in [1.82, 2.24) is 4.90 Å². The van der Waals surface area contributed by atoms with Gasteiger partial charge in [0, 0.05) is 49.7 Å². The second kappa shape index (κ2) is 7.97. The molecule has 7 heteroatoms. The molecule has 0 unspecified atom stereocenters. The molecule has 1 amide bonds. The van der Waals surface area contributed by atoms with E-state index in [1.54, 1.807) is 12.1 Å². The highest BCUT2D eigenvalue weighted by Gasteiger charge is 2.25. The van der Waals surface area contributed by atoms with Gasteiger partial charge in [-0.15, -0.1) is 0 Å². The number of nitrogens with zero attached hydrogens (tertiary/aromatic N) is 3. The van der Waals surface area contributed by atoms with Crippen LogP contribution in [0.25, 0.3) is 0 Å². The van der Waals surface area contributed by atoms with Crippen molar-refractivity contribution < 1.29 is 9.72 Å². The number of carbonyl (C=O) groups excluding carboxylic acids is 1. The summed E-state index contributed by atoms with van der Waals surface area (Å²) in [6.45, 7) is 5.00. The van der Waals surface area contributed by atoms with Gasteiger partial charge in [0.1, 0.15) is 0 Å². The summed E-state index contributed by atoms with van der Waals surface area (Å²) in [4.78, 5) is 27.1. The Bertz CT molecular complexity index is 756. The molecule has 3 rings (SSSR count). The molecular formula is C19H22N4O3. The van der Waals surface area contributed by atoms with Crippen molar-refractivity contribution in [3.8, 4) is 0 Å². The van der Waals surface area contributed by atoms with Gasteiger partial charge in [-0.2, -0.15) is 0 Å². The lowest BCUT2D eigenvalue weighted by atomic mass is 10.2. The Morgan fingerprint density at radius 3 is 2.23 bits per heavy atom. The first-order chi connectivity index (χ1) is 12.5. The Labute approximate surface area is 152 Å². The van der Waals surface area contributed by atoms with E-state index in [0.717, 1.165) is 37.6 Å². The molecule has 0 radical (unpaired) electrons. The number of nitro benzene ring substituents is 1. The van der Waals surface area contributed by atoms with Gasteiger partial charge in [-0.25, -0.2) is 0 Å². The minimum absolute atomic E-state index is 0.0139. The minimum Gasteiger partial charge on any atom is -0.369 e. The highest BCUT2D eigenvalue weighted by atomic mass is 16.6. The number of benzene rings is 2. The molecule has 1 atom stereocenters. The van der Waals surface area contributed by atoms with Gasteiger partial charge in [0.15, 0.2) is 0 Å². The number of para-hydroxylation sites is 1. The SMILES string of the molecule is C[C@H](C(=O)Nc1ccccc1)N1CCN(c2ccc([N+](=O)[O-])cc2)CC1. The molecule has 2 aromatic rings. The molecule has 2 aromatic carbocycles. The molecule has 0 spiro atoms. The molecule has 1 N–H and O–H groups in total. The highest BCUT2D eigenvalue weighted by molar-refractivity contribution is 5.94. The zero-order valence-electron chi connectivity index (χ0n) is 14.7. The van der Waals surface area contributed by atoms with Crippen LogP contribution in [0.5, 0.6) is 0 Å². The molecule has 26 heavy (non-hydrogen) atoms. The Kier molecular flexibility index (Phi) is 5.48. The summed E-state index contributed by atoms with van der Waals surface area (Å²) in [6, 6.07) is 15.8. The van der Waals surface area contributed by atoms with Gasteiger partial charge in [0.2, 0.25) is 5.91 Å². The molecular weight excluding hydrogens is 332 g/mol. The predicted octanol–water partition coefficient (Wildman–Crippen LogP) is 2.74. The van der Waals surface area contributed by atoms with Gasteiger partial charge < -0.3 is 10.2 Å². The summed E-state index contributed by atoms with van der Waals surface area (Å²) < 4.78 is 0. The van der Waals surface area contributed by atoms with Crippen molar-refractivity contribution in [1.29, 1.82) is 0 Å².